The zero-order valence-corrected chi connectivity index (χ0v) is 13.9. The lowest BCUT2D eigenvalue weighted by atomic mass is 10.2. The van der Waals surface area contributed by atoms with Crippen molar-refractivity contribution >= 4 is 10.9 Å². The SMILES string of the molecule is CCc1cccc(OCC(O)Cn2cnc3cc(F)ccc3c2=O)c1. The highest BCUT2D eigenvalue weighted by molar-refractivity contribution is 5.77. The maximum absolute atomic E-state index is 13.2. The van der Waals surface area contributed by atoms with E-state index in [9.17, 15) is 14.3 Å². The maximum atomic E-state index is 13.2. The number of ether oxygens (including phenoxy) is 1. The Kier molecular flexibility index (Phi) is 5.09. The number of aliphatic hydroxyl groups excluding tert-OH is 1. The van der Waals surface area contributed by atoms with Crippen molar-refractivity contribution in [1.82, 2.24) is 9.55 Å². The molecule has 2 aromatic carbocycles. The topological polar surface area (TPSA) is 64.3 Å². The fourth-order valence-electron chi connectivity index (χ4n) is 2.59. The Morgan fingerprint density at radius 2 is 2.12 bits per heavy atom. The molecule has 0 fully saturated rings. The van der Waals surface area contributed by atoms with Crippen molar-refractivity contribution in [2.24, 2.45) is 0 Å². The van der Waals surface area contributed by atoms with Crippen LogP contribution in [-0.2, 0) is 13.0 Å². The van der Waals surface area contributed by atoms with Gasteiger partial charge in [-0.05, 0) is 36.2 Å². The van der Waals surface area contributed by atoms with Crippen molar-refractivity contribution in [1.29, 1.82) is 0 Å². The summed E-state index contributed by atoms with van der Waals surface area (Å²) >= 11 is 0. The highest BCUT2D eigenvalue weighted by Gasteiger charge is 2.11. The van der Waals surface area contributed by atoms with Gasteiger partial charge in [0, 0.05) is 6.07 Å². The quantitative estimate of drug-likeness (QED) is 0.748. The molecule has 0 aliphatic heterocycles. The molecule has 1 heterocycles. The standard InChI is InChI=1S/C19H19FN2O3/c1-2-13-4-3-5-16(8-13)25-11-15(23)10-22-12-21-18-9-14(20)6-7-17(18)19(22)24/h3-9,12,15,23H,2,10-11H2,1H3. The zero-order chi connectivity index (χ0) is 17.8. The molecule has 1 atom stereocenters. The normalized spacial score (nSPS) is 12.3. The summed E-state index contributed by atoms with van der Waals surface area (Å²) < 4.78 is 20.1. The summed E-state index contributed by atoms with van der Waals surface area (Å²) in [6.45, 7) is 2.16. The van der Waals surface area contributed by atoms with Crippen molar-refractivity contribution in [2.75, 3.05) is 6.61 Å². The van der Waals surface area contributed by atoms with Gasteiger partial charge in [-0.15, -0.1) is 0 Å². The summed E-state index contributed by atoms with van der Waals surface area (Å²) in [5.74, 6) is 0.234. The van der Waals surface area contributed by atoms with Gasteiger partial charge in [-0.2, -0.15) is 0 Å². The summed E-state index contributed by atoms with van der Waals surface area (Å²) in [7, 11) is 0. The predicted octanol–water partition coefficient (Wildman–Crippen LogP) is 2.54. The van der Waals surface area contributed by atoms with E-state index in [0.717, 1.165) is 12.0 Å². The second kappa shape index (κ2) is 7.44. The average Bonchev–Trinajstić information content (AvgIpc) is 2.62. The van der Waals surface area contributed by atoms with Gasteiger partial charge >= 0.3 is 0 Å². The maximum Gasteiger partial charge on any atom is 0.261 e. The Bertz CT molecular complexity index is 939. The minimum Gasteiger partial charge on any atom is -0.491 e. The molecule has 0 saturated carbocycles. The van der Waals surface area contributed by atoms with Crippen LogP contribution in [0.5, 0.6) is 5.75 Å². The van der Waals surface area contributed by atoms with Gasteiger partial charge < -0.3 is 9.84 Å². The van der Waals surface area contributed by atoms with Gasteiger partial charge in [-0.1, -0.05) is 19.1 Å². The third-order valence-electron chi connectivity index (χ3n) is 3.94. The molecule has 0 aliphatic rings. The number of aryl methyl sites for hydroxylation is 1. The van der Waals surface area contributed by atoms with E-state index in [1.54, 1.807) is 0 Å². The van der Waals surface area contributed by atoms with Gasteiger partial charge in [-0.25, -0.2) is 9.37 Å². The van der Waals surface area contributed by atoms with Gasteiger partial charge in [0.25, 0.3) is 5.56 Å². The van der Waals surface area contributed by atoms with Gasteiger partial charge in [0.2, 0.25) is 0 Å². The lowest BCUT2D eigenvalue weighted by molar-refractivity contribution is 0.0914. The number of fused-ring (bicyclic) bond motifs is 1. The van der Waals surface area contributed by atoms with Crippen LogP contribution in [0, 0.1) is 5.82 Å². The van der Waals surface area contributed by atoms with Gasteiger partial charge in [0.1, 0.15) is 24.3 Å². The molecule has 1 N–H and O–H groups in total. The van der Waals surface area contributed by atoms with Crippen LogP contribution in [-0.4, -0.2) is 27.4 Å². The largest absolute Gasteiger partial charge is 0.491 e. The van der Waals surface area contributed by atoms with Gasteiger partial charge in [0.15, 0.2) is 0 Å². The summed E-state index contributed by atoms with van der Waals surface area (Å²) in [6.07, 6.45) is 1.34. The van der Waals surface area contributed by atoms with E-state index in [2.05, 4.69) is 11.9 Å². The first kappa shape index (κ1) is 17.1. The molecule has 1 unspecified atom stereocenters. The first-order valence-electron chi connectivity index (χ1n) is 8.11. The molecule has 25 heavy (non-hydrogen) atoms. The Labute approximate surface area is 144 Å². The van der Waals surface area contributed by atoms with Crippen LogP contribution in [0.1, 0.15) is 12.5 Å². The van der Waals surface area contributed by atoms with Crippen molar-refractivity contribution < 1.29 is 14.2 Å². The molecular formula is C19H19FN2O3. The number of hydrogen-bond acceptors (Lipinski definition) is 4. The lowest BCUT2D eigenvalue weighted by Crippen LogP contribution is -2.30. The number of aliphatic hydroxyl groups is 1. The van der Waals surface area contributed by atoms with E-state index < -0.39 is 11.9 Å². The Morgan fingerprint density at radius 1 is 1.28 bits per heavy atom. The van der Waals surface area contributed by atoms with Crippen LogP contribution in [0.25, 0.3) is 10.9 Å². The predicted molar refractivity (Wildman–Crippen MR) is 93.3 cm³/mol. The molecule has 1 aromatic heterocycles. The van der Waals surface area contributed by atoms with Crippen LogP contribution in [0.2, 0.25) is 0 Å². The van der Waals surface area contributed by atoms with Crippen LogP contribution in [0.3, 0.4) is 0 Å². The molecule has 0 aliphatic carbocycles. The minimum absolute atomic E-state index is 0.0482. The van der Waals surface area contributed by atoms with E-state index in [1.807, 2.05) is 24.3 Å². The first-order valence-corrected chi connectivity index (χ1v) is 8.11. The lowest BCUT2D eigenvalue weighted by Gasteiger charge is -2.14. The smallest absolute Gasteiger partial charge is 0.261 e. The van der Waals surface area contributed by atoms with E-state index in [1.165, 1.54) is 29.1 Å². The highest BCUT2D eigenvalue weighted by Crippen LogP contribution is 2.14. The summed E-state index contributed by atoms with van der Waals surface area (Å²) in [6, 6.07) is 11.5. The first-order chi connectivity index (χ1) is 12.1. The van der Waals surface area contributed by atoms with Crippen LogP contribution < -0.4 is 10.3 Å². The number of hydrogen-bond donors (Lipinski definition) is 1. The molecule has 6 heteroatoms. The van der Waals surface area contributed by atoms with Crippen LogP contribution in [0.15, 0.2) is 53.6 Å². The summed E-state index contributed by atoms with van der Waals surface area (Å²) in [5, 5.41) is 10.5. The number of rotatable bonds is 6. The Balaban J connectivity index is 1.69. The van der Waals surface area contributed by atoms with Crippen molar-refractivity contribution in [3.8, 4) is 5.75 Å². The fraction of sp³-hybridized carbons (Fsp3) is 0.263. The fourth-order valence-corrected chi connectivity index (χ4v) is 2.59. The third-order valence-corrected chi connectivity index (χ3v) is 3.94. The van der Waals surface area contributed by atoms with E-state index in [4.69, 9.17) is 4.74 Å². The number of benzene rings is 2. The molecule has 0 saturated heterocycles. The molecular weight excluding hydrogens is 323 g/mol. The van der Waals surface area contributed by atoms with Gasteiger partial charge in [0.05, 0.1) is 23.8 Å². The molecule has 0 bridgehead atoms. The average molecular weight is 342 g/mol. The molecule has 5 nitrogen and oxygen atoms in total. The molecule has 3 aromatic rings. The van der Waals surface area contributed by atoms with Crippen LogP contribution >= 0.6 is 0 Å². The van der Waals surface area contributed by atoms with E-state index in [0.29, 0.717) is 16.7 Å². The molecule has 130 valence electrons. The third kappa shape index (κ3) is 4.03. The van der Waals surface area contributed by atoms with Crippen LogP contribution in [0.4, 0.5) is 4.39 Å². The molecule has 0 amide bonds. The van der Waals surface area contributed by atoms with Gasteiger partial charge in [-0.3, -0.25) is 9.36 Å². The van der Waals surface area contributed by atoms with E-state index in [-0.39, 0.29) is 18.7 Å². The van der Waals surface area contributed by atoms with Crippen molar-refractivity contribution in [3.05, 3.63) is 70.5 Å². The van der Waals surface area contributed by atoms with E-state index >= 15 is 0 Å². The minimum atomic E-state index is -0.873. The van der Waals surface area contributed by atoms with Crippen molar-refractivity contribution in [2.45, 2.75) is 26.0 Å². The second-order valence-electron chi connectivity index (χ2n) is 5.83. The monoisotopic (exact) mass is 342 g/mol. The number of aromatic nitrogens is 2. The summed E-state index contributed by atoms with van der Waals surface area (Å²) in [4.78, 5) is 16.4. The highest BCUT2D eigenvalue weighted by atomic mass is 19.1. The zero-order valence-electron chi connectivity index (χ0n) is 13.9. The van der Waals surface area contributed by atoms with Crippen molar-refractivity contribution in [3.63, 3.8) is 0 Å². The molecule has 3 rings (SSSR count). The molecule has 0 radical (unpaired) electrons. The number of nitrogens with zero attached hydrogens (tertiary/aromatic N) is 2. The second-order valence-corrected chi connectivity index (χ2v) is 5.83. The number of halogens is 1. The summed E-state index contributed by atoms with van der Waals surface area (Å²) in [5.41, 5.74) is 1.12. The molecule has 0 spiro atoms. The Morgan fingerprint density at radius 3 is 2.92 bits per heavy atom. The Hall–Kier alpha value is -2.73.